The number of nitrogens with zero attached hydrogens (tertiary/aromatic N) is 1. The lowest BCUT2D eigenvalue weighted by atomic mass is 10.0. The van der Waals surface area contributed by atoms with Crippen molar-refractivity contribution in [2.24, 2.45) is 0 Å². The van der Waals surface area contributed by atoms with E-state index in [9.17, 15) is 9.59 Å². The van der Waals surface area contributed by atoms with E-state index in [-0.39, 0.29) is 31.4 Å². The third-order valence-electron chi connectivity index (χ3n) is 3.69. The van der Waals surface area contributed by atoms with Crippen LogP contribution < -0.4 is 4.74 Å². The molecule has 0 atom stereocenters. The Morgan fingerprint density at radius 3 is 2.12 bits per heavy atom. The maximum Gasteiger partial charge on any atom is 0.260 e. The van der Waals surface area contributed by atoms with Crippen LogP contribution in [-0.4, -0.2) is 48.0 Å². The summed E-state index contributed by atoms with van der Waals surface area (Å²) in [5.74, 6) is 0.193. The fourth-order valence-electron chi connectivity index (χ4n) is 2.29. The second-order valence-corrected chi connectivity index (χ2v) is 5.78. The van der Waals surface area contributed by atoms with Gasteiger partial charge in [0, 0.05) is 29.2 Å². The molecule has 0 saturated heterocycles. The van der Waals surface area contributed by atoms with Gasteiger partial charge in [-0.1, -0.05) is 11.6 Å². The molecular formula is C19H20ClNO4. The molecule has 6 heteroatoms. The molecule has 0 saturated carbocycles. The van der Waals surface area contributed by atoms with E-state index in [0.717, 1.165) is 0 Å². The molecule has 0 spiro atoms. The van der Waals surface area contributed by atoms with Gasteiger partial charge in [0.25, 0.3) is 5.91 Å². The number of aliphatic hydroxyl groups excluding tert-OH is 1. The van der Waals surface area contributed by atoms with Gasteiger partial charge in [-0.2, -0.15) is 0 Å². The van der Waals surface area contributed by atoms with Crippen molar-refractivity contribution in [2.45, 2.75) is 6.92 Å². The summed E-state index contributed by atoms with van der Waals surface area (Å²) in [6.07, 6.45) is 0. The van der Waals surface area contributed by atoms with Gasteiger partial charge in [0.15, 0.2) is 12.4 Å². The van der Waals surface area contributed by atoms with Crippen molar-refractivity contribution < 1.29 is 19.4 Å². The molecule has 0 radical (unpaired) electrons. The lowest BCUT2D eigenvalue weighted by Crippen LogP contribution is -2.36. The number of halogens is 1. The number of carbonyl (C=O) groups is 2. The molecule has 25 heavy (non-hydrogen) atoms. The minimum absolute atomic E-state index is 0.0823. The van der Waals surface area contributed by atoms with Gasteiger partial charge < -0.3 is 14.7 Å². The molecule has 0 unspecified atom stereocenters. The average molecular weight is 362 g/mol. The van der Waals surface area contributed by atoms with Gasteiger partial charge in [0.2, 0.25) is 0 Å². The van der Waals surface area contributed by atoms with Crippen LogP contribution in [0.4, 0.5) is 0 Å². The summed E-state index contributed by atoms with van der Waals surface area (Å²) in [7, 11) is 0. The normalized spacial score (nSPS) is 10.4. The summed E-state index contributed by atoms with van der Waals surface area (Å²) in [5.41, 5.74) is 1.08. The summed E-state index contributed by atoms with van der Waals surface area (Å²) >= 11 is 5.82. The number of amides is 1. The van der Waals surface area contributed by atoms with Gasteiger partial charge in [-0.3, -0.25) is 9.59 Å². The topological polar surface area (TPSA) is 66.8 Å². The van der Waals surface area contributed by atoms with Gasteiger partial charge >= 0.3 is 0 Å². The number of carbonyl (C=O) groups excluding carboxylic acids is 2. The van der Waals surface area contributed by atoms with E-state index in [1.54, 1.807) is 48.5 Å². The van der Waals surface area contributed by atoms with Crippen molar-refractivity contribution in [3.05, 3.63) is 64.7 Å². The summed E-state index contributed by atoms with van der Waals surface area (Å²) in [6.45, 7) is 2.44. The quantitative estimate of drug-likeness (QED) is 0.734. The lowest BCUT2D eigenvalue weighted by Gasteiger charge is -2.19. The Hall–Kier alpha value is -2.37. The van der Waals surface area contributed by atoms with Crippen LogP contribution in [0.1, 0.15) is 22.8 Å². The summed E-state index contributed by atoms with van der Waals surface area (Å²) in [6, 6.07) is 13.3. The van der Waals surface area contributed by atoms with Gasteiger partial charge in [0.1, 0.15) is 5.75 Å². The summed E-state index contributed by atoms with van der Waals surface area (Å²) in [5, 5.41) is 9.50. The number of rotatable bonds is 8. The average Bonchev–Trinajstić information content (AvgIpc) is 2.64. The molecule has 5 nitrogen and oxygen atoms in total. The molecule has 0 aromatic heterocycles. The van der Waals surface area contributed by atoms with Crippen molar-refractivity contribution in [1.82, 2.24) is 4.90 Å². The molecule has 2 rings (SSSR count). The van der Waals surface area contributed by atoms with Gasteiger partial charge in [-0.05, 0) is 55.5 Å². The maximum absolute atomic E-state index is 12.4. The van der Waals surface area contributed by atoms with Crippen molar-refractivity contribution >= 4 is 23.3 Å². The predicted octanol–water partition coefficient (Wildman–Crippen LogP) is 2.79. The number of hydrogen-bond acceptors (Lipinski definition) is 4. The third kappa shape index (κ3) is 5.31. The van der Waals surface area contributed by atoms with Gasteiger partial charge in [0.05, 0.1) is 6.61 Å². The minimum atomic E-state index is -0.196. The van der Waals surface area contributed by atoms with E-state index in [1.807, 2.05) is 6.92 Å². The number of benzene rings is 2. The van der Waals surface area contributed by atoms with Crippen LogP contribution in [0.25, 0.3) is 0 Å². The third-order valence-corrected chi connectivity index (χ3v) is 3.94. The first-order chi connectivity index (χ1) is 12.0. The zero-order chi connectivity index (χ0) is 18.2. The van der Waals surface area contributed by atoms with Crippen LogP contribution in [0.3, 0.4) is 0 Å². The molecule has 0 aliphatic carbocycles. The van der Waals surface area contributed by atoms with Crippen LogP contribution >= 0.6 is 11.6 Å². The zero-order valence-electron chi connectivity index (χ0n) is 13.9. The first-order valence-corrected chi connectivity index (χ1v) is 8.34. The Bertz CT molecular complexity index is 713. The van der Waals surface area contributed by atoms with E-state index in [1.165, 1.54) is 4.90 Å². The van der Waals surface area contributed by atoms with E-state index >= 15 is 0 Å². The lowest BCUT2D eigenvalue weighted by molar-refractivity contribution is -0.133. The Morgan fingerprint density at radius 2 is 1.60 bits per heavy atom. The van der Waals surface area contributed by atoms with Crippen LogP contribution in [0.5, 0.6) is 5.75 Å². The summed E-state index contributed by atoms with van der Waals surface area (Å²) in [4.78, 5) is 25.8. The molecule has 132 valence electrons. The van der Waals surface area contributed by atoms with Crippen LogP contribution in [0.2, 0.25) is 5.02 Å². The molecular weight excluding hydrogens is 342 g/mol. The Morgan fingerprint density at radius 1 is 1.04 bits per heavy atom. The van der Waals surface area contributed by atoms with E-state index < -0.39 is 0 Å². The van der Waals surface area contributed by atoms with Gasteiger partial charge in [-0.15, -0.1) is 0 Å². The van der Waals surface area contributed by atoms with Crippen molar-refractivity contribution in [1.29, 1.82) is 0 Å². The largest absolute Gasteiger partial charge is 0.484 e. The smallest absolute Gasteiger partial charge is 0.260 e. The Kier molecular flexibility index (Phi) is 6.98. The highest BCUT2D eigenvalue weighted by Crippen LogP contribution is 2.17. The highest BCUT2D eigenvalue weighted by Gasteiger charge is 2.12. The molecule has 2 aromatic carbocycles. The SMILES string of the molecule is CCN(CCO)C(=O)COc1ccc(C(=O)c2ccc(Cl)cc2)cc1. The van der Waals surface area contributed by atoms with Gasteiger partial charge in [-0.25, -0.2) is 0 Å². The number of ketones is 1. The molecule has 0 bridgehead atoms. The first kappa shape index (κ1) is 19.0. The fourth-order valence-corrected chi connectivity index (χ4v) is 2.41. The molecule has 0 heterocycles. The molecule has 1 amide bonds. The number of ether oxygens (including phenoxy) is 1. The zero-order valence-corrected chi connectivity index (χ0v) is 14.7. The van der Waals surface area contributed by atoms with E-state index in [0.29, 0.717) is 28.4 Å². The highest BCUT2D eigenvalue weighted by molar-refractivity contribution is 6.30. The molecule has 1 N–H and O–H groups in total. The van der Waals surface area contributed by atoms with Crippen LogP contribution in [-0.2, 0) is 4.79 Å². The monoisotopic (exact) mass is 361 g/mol. The summed E-state index contributed by atoms with van der Waals surface area (Å²) < 4.78 is 5.45. The standard InChI is InChI=1S/C19H20ClNO4/c1-2-21(11-12-22)18(23)13-25-17-9-5-15(6-10-17)19(24)14-3-7-16(20)8-4-14/h3-10,22H,2,11-13H2,1H3. The predicted molar refractivity (Wildman–Crippen MR) is 96.2 cm³/mol. The second kappa shape index (κ2) is 9.20. The van der Waals surface area contributed by atoms with E-state index in [2.05, 4.69) is 0 Å². The molecule has 0 aliphatic heterocycles. The molecule has 0 fully saturated rings. The molecule has 0 aliphatic rings. The Balaban J connectivity index is 1.96. The molecule has 2 aromatic rings. The Labute approximate surface area is 151 Å². The van der Waals surface area contributed by atoms with Crippen LogP contribution in [0.15, 0.2) is 48.5 Å². The van der Waals surface area contributed by atoms with Crippen molar-refractivity contribution in [3.8, 4) is 5.75 Å². The van der Waals surface area contributed by atoms with Crippen LogP contribution in [0, 0.1) is 0 Å². The fraction of sp³-hybridized carbons (Fsp3) is 0.263. The maximum atomic E-state index is 12.4. The highest BCUT2D eigenvalue weighted by atomic mass is 35.5. The first-order valence-electron chi connectivity index (χ1n) is 7.97. The second-order valence-electron chi connectivity index (χ2n) is 5.35. The minimum Gasteiger partial charge on any atom is -0.484 e. The number of aliphatic hydroxyl groups is 1. The van der Waals surface area contributed by atoms with Crippen molar-refractivity contribution in [3.63, 3.8) is 0 Å². The van der Waals surface area contributed by atoms with E-state index in [4.69, 9.17) is 21.4 Å². The van der Waals surface area contributed by atoms with Crippen molar-refractivity contribution in [2.75, 3.05) is 26.3 Å². The number of likely N-dealkylation sites (N-methyl/N-ethyl adjacent to an activating group) is 1. The number of hydrogen-bond donors (Lipinski definition) is 1.